The van der Waals surface area contributed by atoms with Crippen molar-refractivity contribution < 1.29 is 4.79 Å². The molecule has 1 aromatic carbocycles. The number of benzene rings is 1. The maximum absolute atomic E-state index is 11.7. The quantitative estimate of drug-likeness (QED) is 0.550. The number of hydrogen-bond donors (Lipinski definition) is 0. The second-order valence-electron chi connectivity index (χ2n) is 4.62. The van der Waals surface area contributed by atoms with Gasteiger partial charge in [-0.15, -0.1) is 10.2 Å². The zero-order valence-corrected chi connectivity index (χ0v) is 14.7. The third-order valence-electron chi connectivity index (χ3n) is 2.97. The van der Waals surface area contributed by atoms with Gasteiger partial charge in [-0.05, 0) is 53.1 Å². The molecule has 0 aliphatic heterocycles. The van der Waals surface area contributed by atoms with Crippen LogP contribution < -0.4 is 0 Å². The average molecular weight is 375 g/mol. The second-order valence-corrected chi connectivity index (χ2v) is 6.91. The first-order valence-corrected chi connectivity index (χ1v) is 8.29. The van der Waals surface area contributed by atoms with Crippen LogP contribution in [0.1, 0.15) is 24.4 Å². The highest BCUT2D eigenvalue weighted by Crippen LogP contribution is 2.18. The minimum Gasteiger partial charge on any atom is -0.295 e. The lowest BCUT2D eigenvalue weighted by atomic mass is 10.1. The second kappa shape index (κ2) is 7.96. The van der Waals surface area contributed by atoms with Gasteiger partial charge in [0.05, 0.1) is 0 Å². The standard InChI is InChI=1S/C17H15BrN2OS/c1-12(14-6-4-3-5-7-14)8-9-15(13(2)21)10-11-16-19-20-17(18)22-16/h3-11H,1-2H3/b11-10+,12-8+,15-9-. The molecule has 2 aromatic rings. The fraction of sp³-hybridized carbons (Fsp3) is 0.118. The van der Waals surface area contributed by atoms with E-state index >= 15 is 0 Å². The molecule has 22 heavy (non-hydrogen) atoms. The number of hydrogen-bond acceptors (Lipinski definition) is 4. The molecule has 3 nitrogen and oxygen atoms in total. The molecule has 5 heteroatoms. The molecule has 0 aliphatic rings. The lowest BCUT2D eigenvalue weighted by Gasteiger charge is -2.00. The molecular weight excluding hydrogens is 360 g/mol. The van der Waals surface area contributed by atoms with Crippen LogP contribution >= 0.6 is 27.3 Å². The lowest BCUT2D eigenvalue weighted by molar-refractivity contribution is -0.113. The Hall–Kier alpha value is -1.85. The van der Waals surface area contributed by atoms with Gasteiger partial charge in [-0.25, -0.2) is 0 Å². The number of aromatic nitrogens is 2. The molecule has 2 rings (SSSR count). The van der Waals surface area contributed by atoms with Gasteiger partial charge in [-0.1, -0.05) is 53.8 Å². The zero-order chi connectivity index (χ0) is 15.9. The molecular formula is C17H15BrN2OS. The normalized spacial score (nSPS) is 12.9. The van der Waals surface area contributed by atoms with Crippen molar-refractivity contribution in [2.75, 3.05) is 0 Å². The van der Waals surface area contributed by atoms with E-state index in [0.717, 1.165) is 20.1 Å². The van der Waals surface area contributed by atoms with Crippen molar-refractivity contribution in [2.45, 2.75) is 13.8 Å². The van der Waals surface area contributed by atoms with Gasteiger partial charge in [0.1, 0.15) is 5.01 Å². The van der Waals surface area contributed by atoms with E-state index in [-0.39, 0.29) is 5.78 Å². The van der Waals surface area contributed by atoms with Crippen LogP contribution in [-0.2, 0) is 4.79 Å². The number of Topliss-reactive ketones (excluding diaryl/α,β-unsaturated/α-hetero) is 1. The van der Waals surface area contributed by atoms with Crippen LogP contribution in [0.25, 0.3) is 11.6 Å². The van der Waals surface area contributed by atoms with Gasteiger partial charge in [-0.3, -0.25) is 4.79 Å². The van der Waals surface area contributed by atoms with Crippen LogP contribution in [0.3, 0.4) is 0 Å². The number of allylic oxidation sites excluding steroid dienone is 5. The summed E-state index contributed by atoms with van der Waals surface area (Å²) in [6, 6.07) is 10.1. The highest BCUT2D eigenvalue weighted by Gasteiger charge is 2.01. The van der Waals surface area contributed by atoms with Crippen molar-refractivity contribution in [2.24, 2.45) is 0 Å². The van der Waals surface area contributed by atoms with Crippen LogP contribution in [0.2, 0.25) is 0 Å². The summed E-state index contributed by atoms with van der Waals surface area (Å²) in [6.45, 7) is 3.58. The molecule has 0 amide bonds. The Morgan fingerprint density at radius 3 is 2.45 bits per heavy atom. The van der Waals surface area contributed by atoms with Gasteiger partial charge in [0.15, 0.2) is 9.70 Å². The van der Waals surface area contributed by atoms with Crippen LogP contribution in [0, 0.1) is 0 Å². The van der Waals surface area contributed by atoms with Gasteiger partial charge in [0.2, 0.25) is 0 Å². The molecule has 112 valence electrons. The topological polar surface area (TPSA) is 42.9 Å². The first-order chi connectivity index (χ1) is 10.6. The van der Waals surface area contributed by atoms with Crippen molar-refractivity contribution in [3.63, 3.8) is 0 Å². The smallest absolute Gasteiger partial charge is 0.183 e. The zero-order valence-electron chi connectivity index (χ0n) is 12.3. The third kappa shape index (κ3) is 4.86. The molecule has 0 fully saturated rings. The summed E-state index contributed by atoms with van der Waals surface area (Å²) < 4.78 is 0.723. The molecule has 1 aromatic heterocycles. The largest absolute Gasteiger partial charge is 0.295 e. The Balaban J connectivity index is 2.20. The van der Waals surface area contributed by atoms with Gasteiger partial charge < -0.3 is 0 Å². The molecule has 0 N–H and O–H groups in total. The van der Waals surface area contributed by atoms with E-state index < -0.39 is 0 Å². The molecule has 1 heterocycles. The molecule has 0 aliphatic carbocycles. The predicted octanol–water partition coefficient (Wildman–Crippen LogP) is 4.93. The molecule has 0 radical (unpaired) electrons. The highest BCUT2D eigenvalue weighted by molar-refractivity contribution is 9.11. The fourth-order valence-corrected chi connectivity index (χ4v) is 2.80. The molecule has 0 bridgehead atoms. The van der Waals surface area contributed by atoms with E-state index in [4.69, 9.17) is 0 Å². The van der Waals surface area contributed by atoms with Crippen molar-refractivity contribution >= 4 is 44.7 Å². The van der Waals surface area contributed by atoms with Gasteiger partial charge >= 0.3 is 0 Å². The number of ketones is 1. The van der Waals surface area contributed by atoms with Crippen LogP contribution in [0.15, 0.2) is 58.0 Å². The molecule has 0 unspecified atom stereocenters. The van der Waals surface area contributed by atoms with E-state index in [1.165, 1.54) is 11.3 Å². The summed E-state index contributed by atoms with van der Waals surface area (Å²) in [7, 11) is 0. The number of carbonyl (C=O) groups excluding carboxylic acids is 1. The monoisotopic (exact) mass is 374 g/mol. The van der Waals surface area contributed by atoms with Crippen molar-refractivity contribution in [3.05, 3.63) is 68.6 Å². The Morgan fingerprint density at radius 1 is 1.14 bits per heavy atom. The van der Waals surface area contributed by atoms with E-state index in [1.54, 1.807) is 19.1 Å². The van der Waals surface area contributed by atoms with Crippen molar-refractivity contribution in [1.82, 2.24) is 10.2 Å². The SMILES string of the molecule is CC(=O)C(=C\C=C(/C)c1ccccc1)/C=C/c1nnc(Br)s1. The summed E-state index contributed by atoms with van der Waals surface area (Å²) in [6.07, 6.45) is 7.34. The summed E-state index contributed by atoms with van der Waals surface area (Å²) >= 11 is 4.68. The maximum Gasteiger partial charge on any atom is 0.183 e. The van der Waals surface area contributed by atoms with Crippen molar-refractivity contribution in [3.8, 4) is 0 Å². The predicted molar refractivity (Wildman–Crippen MR) is 95.5 cm³/mol. The van der Waals surface area contributed by atoms with Crippen LogP contribution in [0.5, 0.6) is 0 Å². The average Bonchev–Trinajstić information content (AvgIpc) is 2.93. The van der Waals surface area contributed by atoms with E-state index in [9.17, 15) is 4.79 Å². The van der Waals surface area contributed by atoms with Crippen LogP contribution in [0.4, 0.5) is 0 Å². The summed E-state index contributed by atoms with van der Waals surface area (Å²) in [5, 5.41) is 8.59. The maximum atomic E-state index is 11.7. The minimum atomic E-state index is 0.0111. The Kier molecular flexibility index (Phi) is 5.98. The van der Waals surface area contributed by atoms with Gasteiger partial charge in [-0.2, -0.15) is 0 Å². The molecule has 0 saturated heterocycles. The molecule has 0 saturated carbocycles. The van der Waals surface area contributed by atoms with Crippen molar-refractivity contribution in [1.29, 1.82) is 0 Å². The first-order valence-electron chi connectivity index (χ1n) is 6.68. The molecule has 0 atom stereocenters. The van der Waals surface area contributed by atoms with E-state index in [1.807, 2.05) is 49.4 Å². The summed E-state index contributed by atoms with van der Waals surface area (Å²) in [5.41, 5.74) is 2.87. The first kappa shape index (κ1) is 16.5. The van der Waals surface area contributed by atoms with Gasteiger partial charge in [0, 0.05) is 5.57 Å². The highest BCUT2D eigenvalue weighted by atomic mass is 79.9. The Morgan fingerprint density at radius 2 is 1.86 bits per heavy atom. The number of rotatable bonds is 5. The number of halogens is 1. The van der Waals surface area contributed by atoms with Crippen LogP contribution in [-0.4, -0.2) is 16.0 Å². The van der Waals surface area contributed by atoms with Gasteiger partial charge in [0.25, 0.3) is 0 Å². The lowest BCUT2D eigenvalue weighted by Crippen LogP contribution is -1.92. The number of carbonyl (C=O) groups is 1. The molecule has 0 spiro atoms. The van der Waals surface area contributed by atoms with E-state index in [0.29, 0.717) is 5.57 Å². The third-order valence-corrected chi connectivity index (χ3v) is 4.29. The summed E-state index contributed by atoms with van der Waals surface area (Å²) in [4.78, 5) is 11.7. The Bertz CT molecular complexity index is 745. The Labute approximate surface area is 142 Å². The number of nitrogens with zero attached hydrogens (tertiary/aromatic N) is 2. The van der Waals surface area contributed by atoms with E-state index in [2.05, 4.69) is 26.1 Å². The fourth-order valence-electron chi connectivity index (χ4n) is 1.75. The summed E-state index contributed by atoms with van der Waals surface area (Å²) in [5.74, 6) is 0.0111. The minimum absolute atomic E-state index is 0.0111.